The Morgan fingerprint density at radius 1 is 1.00 bits per heavy atom. The van der Waals surface area contributed by atoms with Gasteiger partial charge in [-0.1, -0.05) is 48.0 Å². The average molecular weight is 407 g/mol. The lowest BCUT2D eigenvalue weighted by molar-refractivity contribution is -0.121. The molecule has 148 valence electrons. The minimum Gasteiger partial charge on any atom is -0.467 e. The van der Waals surface area contributed by atoms with Gasteiger partial charge in [0.05, 0.1) is 12.8 Å². The number of aryl methyl sites for hydroxylation is 1. The summed E-state index contributed by atoms with van der Waals surface area (Å²) < 4.78 is 7.48. The highest BCUT2D eigenvalue weighted by Gasteiger charge is 2.11. The van der Waals surface area contributed by atoms with Gasteiger partial charge in [-0.3, -0.25) is 4.79 Å². The third-order valence-electron chi connectivity index (χ3n) is 5.06. The fraction of sp³-hybridized carbons (Fsp3) is 0.208. The summed E-state index contributed by atoms with van der Waals surface area (Å²) in [6.45, 7) is 1.16. The zero-order chi connectivity index (χ0) is 20.1. The van der Waals surface area contributed by atoms with Crippen LogP contribution in [0.3, 0.4) is 0 Å². The molecule has 0 radical (unpaired) electrons. The molecule has 0 spiro atoms. The van der Waals surface area contributed by atoms with Crippen LogP contribution in [0.2, 0.25) is 5.02 Å². The van der Waals surface area contributed by atoms with Crippen molar-refractivity contribution in [3.8, 4) is 0 Å². The van der Waals surface area contributed by atoms with E-state index in [-0.39, 0.29) is 5.91 Å². The van der Waals surface area contributed by atoms with Crippen LogP contribution in [0.15, 0.2) is 77.5 Å². The normalized spacial score (nSPS) is 11.1. The first-order chi connectivity index (χ1) is 14.2. The summed E-state index contributed by atoms with van der Waals surface area (Å²) in [5.74, 6) is 0.808. The summed E-state index contributed by atoms with van der Waals surface area (Å²) in [6.07, 6.45) is 5.94. The molecule has 0 atom stereocenters. The second-order valence-corrected chi connectivity index (χ2v) is 7.51. The molecule has 0 aliphatic rings. The van der Waals surface area contributed by atoms with Crippen LogP contribution < -0.4 is 5.32 Å². The predicted molar refractivity (Wildman–Crippen MR) is 116 cm³/mol. The summed E-state index contributed by atoms with van der Waals surface area (Å²) in [7, 11) is 0. The molecule has 0 saturated carbocycles. The third-order valence-corrected chi connectivity index (χ3v) is 5.43. The van der Waals surface area contributed by atoms with E-state index in [4.69, 9.17) is 16.0 Å². The van der Waals surface area contributed by atoms with Crippen molar-refractivity contribution in [2.45, 2.75) is 32.4 Å². The Morgan fingerprint density at radius 3 is 2.66 bits per heavy atom. The first-order valence-corrected chi connectivity index (χ1v) is 10.2. The molecule has 0 fully saturated rings. The minimum absolute atomic E-state index is 0.0428. The molecule has 1 N–H and O–H groups in total. The Bertz CT molecular complexity index is 1100. The van der Waals surface area contributed by atoms with Gasteiger partial charge in [0, 0.05) is 35.1 Å². The van der Waals surface area contributed by atoms with Gasteiger partial charge in [0.25, 0.3) is 0 Å². The van der Waals surface area contributed by atoms with E-state index in [9.17, 15) is 4.79 Å². The number of para-hydroxylation sites is 1. The number of nitrogens with zero attached hydrogens (tertiary/aromatic N) is 1. The van der Waals surface area contributed by atoms with Crippen molar-refractivity contribution in [2.24, 2.45) is 0 Å². The Hall–Kier alpha value is -2.98. The fourth-order valence-corrected chi connectivity index (χ4v) is 3.79. The highest BCUT2D eigenvalue weighted by molar-refractivity contribution is 6.31. The maximum absolute atomic E-state index is 12.1. The van der Waals surface area contributed by atoms with Crippen molar-refractivity contribution in [1.82, 2.24) is 9.88 Å². The summed E-state index contributed by atoms with van der Waals surface area (Å²) >= 11 is 6.35. The van der Waals surface area contributed by atoms with Gasteiger partial charge in [0.2, 0.25) is 5.91 Å². The summed E-state index contributed by atoms with van der Waals surface area (Å²) in [5.41, 5.74) is 3.54. The molecule has 4 nitrogen and oxygen atoms in total. The zero-order valence-corrected chi connectivity index (χ0v) is 16.9. The molecule has 0 unspecified atom stereocenters. The lowest BCUT2D eigenvalue weighted by atomic mass is 10.1. The second-order valence-electron chi connectivity index (χ2n) is 7.10. The molecule has 4 rings (SSSR count). The standard InChI is InChI=1S/C24H23ClN2O2/c25-22-11-3-1-7-19(22)17-27-16-18(21-10-2-4-12-23(21)27)8-5-13-24(28)26-15-20-9-6-14-29-20/h1-4,6-7,9-12,14,16H,5,8,13,15,17H2,(H,26,28). The van der Waals surface area contributed by atoms with Gasteiger partial charge in [-0.15, -0.1) is 0 Å². The Morgan fingerprint density at radius 2 is 1.83 bits per heavy atom. The van der Waals surface area contributed by atoms with E-state index in [0.717, 1.165) is 35.7 Å². The quantitative estimate of drug-likeness (QED) is 0.415. The van der Waals surface area contributed by atoms with Crippen molar-refractivity contribution in [2.75, 3.05) is 0 Å². The maximum atomic E-state index is 12.1. The van der Waals surface area contributed by atoms with Gasteiger partial charge in [-0.05, 0) is 48.2 Å². The molecular weight excluding hydrogens is 384 g/mol. The SMILES string of the molecule is O=C(CCCc1cn(Cc2ccccc2Cl)c2ccccc12)NCc1ccco1. The number of aromatic nitrogens is 1. The van der Waals surface area contributed by atoms with E-state index in [0.29, 0.717) is 13.0 Å². The maximum Gasteiger partial charge on any atom is 0.220 e. The molecule has 2 aromatic carbocycles. The van der Waals surface area contributed by atoms with Crippen molar-refractivity contribution >= 4 is 28.4 Å². The molecule has 1 amide bonds. The van der Waals surface area contributed by atoms with Gasteiger partial charge in [0.1, 0.15) is 5.76 Å². The van der Waals surface area contributed by atoms with Crippen LogP contribution in [0, 0.1) is 0 Å². The summed E-state index contributed by atoms with van der Waals surface area (Å²) in [4.78, 5) is 12.1. The van der Waals surface area contributed by atoms with Gasteiger partial charge in [-0.25, -0.2) is 0 Å². The topological polar surface area (TPSA) is 47.2 Å². The van der Waals surface area contributed by atoms with Crippen LogP contribution in [0.1, 0.15) is 29.7 Å². The number of amides is 1. The van der Waals surface area contributed by atoms with E-state index >= 15 is 0 Å². The smallest absolute Gasteiger partial charge is 0.220 e. The monoisotopic (exact) mass is 406 g/mol. The van der Waals surface area contributed by atoms with E-state index in [1.165, 1.54) is 16.5 Å². The van der Waals surface area contributed by atoms with Crippen molar-refractivity contribution < 1.29 is 9.21 Å². The van der Waals surface area contributed by atoms with Crippen LogP contribution >= 0.6 is 11.6 Å². The third kappa shape index (κ3) is 4.72. The second kappa shape index (κ2) is 9.01. The van der Waals surface area contributed by atoms with E-state index in [1.807, 2.05) is 30.3 Å². The van der Waals surface area contributed by atoms with Crippen molar-refractivity contribution in [1.29, 1.82) is 0 Å². The molecule has 4 aromatic rings. The van der Waals surface area contributed by atoms with Gasteiger partial charge >= 0.3 is 0 Å². The molecule has 0 bridgehead atoms. The Balaban J connectivity index is 1.41. The molecule has 0 aliphatic heterocycles. The van der Waals surface area contributed by atoms with E-state index < -0.39 is 0 Å². The Kier molecular flexibility index (Phi) is 6.01. The number of rotatable bonds is 8. The first kappa shape index (κ1) is 19.3. The number of furan rings is 1. The van der Waals surface area contributed by atoms with Gasteiger partial charge in [0.15, 0.2) is 0 Å². The number of hydrogen-bond acceptors (Lipinski definition) is 2. The van der Waals surface area contributed by atoms with E-state index in [1.54, 1.807) is 6.26 Å². The number of carbonyl (C=O) groups is 1. The Labute approximate surface area is 175 Å². The number of carbonyl (C=O) groups excluding carboxylic acids is 1. The lowest BCUT2D eigenvalue weighted by Crippen LogP contribution is -2.22. The van der Waals surface area contributed by atoms with E-state index in [2.05, 4.69) is 46.4 Å². The minimum atomic E-state index is 0.0428. The summed E-state index contributed by atoms with van der Waals surface area (Å²) in [5, 5.41) is 4.91. The molecule has 0 saturated heterocycles. The van der Waals surface area contributed by atoms with Gasteiger partial charge < -0.3 is 14.3 Å². The molecule has 2 heterocycles. The predicted octanol–water partition coefficient (Wildman–Crippen LogP) is 5.58. The molecule has 29 heavy (non-hydrogen) atoms. The lowest BCUT2D eigenvalue weighted by Gasteiger charge is -2.07. The number of benzene rings is 2. The van der Waals surface area contributed by atoms with Crippen LogP contribution in [0.4, 0.5) is 0 Å². The average Bonchev–Trinajstić information content (AvgIpc) is 3.37. The number of hydrogen-bond donors (Lipinski definition) is 1. The van der Waals surface area contributed by atoms with Gasteiger partial charge in [-0.2, -0.15) is 0 Å². The molecule has 2 aromatic heterocycles. The fourth-order valence-electron chi connectivity index (χ4n) is 3.59. The summed E-state index contributed by atoms with van der Waals surface area (Å²) in [6, 6.07) is 20.0. The van der Waals surface area contributed by atoms with Crippen LogP contribution in [0.5, 0.6) is 0 Å². The number of nitrogens with one attached hydrogen (secondary N) is 1. The molecular formula is C24H23ClN2O2. The molecule has 5 heteroatoms. The number of halogens is 1. The van der Waals surface area contributed by atoms with Crippen LogP contribution in [0.25, 0.3) is 10.9 Å². The largest absolute Gasteiger partial charge is 0.467 e. The highest BCUT2D eigenvalue weighted by Crippen LogP contribution is 2.25. The van der Waals surface area contributed by atoms with Crippen LogP contribution in [-0.4, -0.2) is 10.5 Å². The zero-order valence-electron chi connectivity index (χ0n) is 16.1. The van der Waals surface area contributed by atoms with Crippen LogP contribution in [-0.2, 0) is 24.3 Å². The first-order valence-electron chi connectivity index (χ1n) is 9.80. The van der Waals surface area contributed by atoms with Crippen molar-refractivity contribution in [3.63, 3.8) is 0 Å². The number of fused-ring (bicyclic) bond motifs is 1. The highest BCUT2D eigenvalue weighted by atomic mass is 35.5. The molecule has 0 aliphatic carbocycles. The van der Waals surface area contributed by atoms with Crippen molar-refractivity contribution in [3.05, 3.63) is 95.0 Å².